The largest absolute Gasteiger partial charge is 0.481 e. The van der Waals surface area contributed by atoms with Gasteiger partial charge in [-0.1, -0.05) is 41.0 Å². The number of nitrogens with one attached hydrogen (secondary N) is 1. The molecule has 5 saturated carbocycles. The molecule has 0 radical (unpaired) electrons. The van der Waals surface area contributed by atoms with Crippen LogP contribution in [0.3, 0.4) is 0 Å². The molecule has 0 amide bonds. The first kappa shape index (κ1) is 33.2. The lowest BCUT2D eigenvalue weighted by atomic mass is 9.32. The van der Waals surface area contributed by atoms with Crippen molar-refractivity contribution in [2.24, 2.45) is 56.2 Å². The van der Waals surface area contributed by atoms with Gasteiger partial charge in [-0.2, -0.15) is 0 Å². The van der Waals surface area contributed by atoms with Crippen molar-refractivity contribution < 1.29 is 24.2 Å². The van der Waals surface area contributed by atoms with Gasteiger partial charge >= 0.3 is 11.9 Å². The maximum atomic E-state index is 13.0. The second-order valence-electron chi connectivity index (χ2n) is 17.7. The Morgan fingerprint density at radius 1 is 0.837 bits per heavy atom. The third-order valence-electron chi connectivity index (χ3n) is 15.2. The van der Waals surface area contributed by atoms with Crippen molar-refractivity contribution >= 4 is 11.9 Å². The zero-order valence-corrected chi connectivity index (χ0v) is 28.8. The normalized spacial score (nSPS) is 43.6. The van der Waals surface area contributed by atoms with Gasteiger partial charge in [-0.25, -0.2) is 0 Å². The molecule has 246 valence electrons. The Morgan fingerprint density at radius 2 is 1.58 bits per heavy atom. The first-order valence-electron chi connectivity index (χ1n) is 17.7. The molecule has 0 heterocycles. The molecule has 0 bridgehead atoms. The fourth-order valence-corrected chi connectivity index (χ4v) is 12.6. The first-order valence-corrected chi connectivity index (χ1v) is 17.7. The molecule has 43 heavy (non-hydrogen) atoms. The summed E-state index contributed by atoms with van der Waals surface area (Å²) in [5, 5.41) is 13.2. The number of hydrogen-bond donors (Lipinski definition) is 2. The maximum Gasteiger partial charge on any atom is 0.309 e. The van der Waals surface area contributed by atoms with E-state index in [1.54, 1.807) is 21.0 Å². The van der Waals surface area contributed by atoms with Crippen molar-refractivity contribution in [1.82, 2.24) is 5.32 Å². The highest BCUT2D eigenvalue weighted by atomic mass is 16.5. The van der Waals surface area contributed by atoms with Crippen LogP contribution < -0.4 is 5.32 Å². The minimum atomic E-state index is -1.11. The summed E-state index contributed by atoms with van der Waals surface area (Å²) in [6, 6.07) is 0. The van der Waals surface area contributed by atoms with E-state index >= 15 is 0 Å². The summed E-state index contributed by atoms with van der Waals surface area (Å²) in [6.45, 7) is 18.8. The molecule has 2 N–H and O–H groups in total. The van der Waals surface area contributed by atoms with Gasteiger partial charge in [-0.05, 0) is 136 Å². The molecule has 5 rings (SSSR count). The molecule has 0 spiro atoms. The van der Waals surface area contributed by atoms with E-state index < -0.39 is 11.4 Å². The van der Waals surface area contributed by atoms with Crippen LogP contribution in [-0.2, 0) is 19.1 Å². The molecule has 5 aliphatic carbocycles. The molecule has 5 fully saturated rings. The van der Waals surface area contributed by atoms with E-state index in [-0.39, 0.29) is 29.3 Å². The average molecular weight is 602 g/mol. The van der Waals surface area contributed by atoms with Crippen molar-refractivity contribution in [3.05, 3.63) is 0 Å². The number of ether oxygens (including phenoxy) is 2. The second-order valence-corrected chi connectivity index (χ2v) is 17.7. The molecule has 0 aromatic rings. The van der Waals surface area contributed by atoms with Crippen LogP contribution in [0.4, 0.5) is 0 Å². The lowest BCUT2D eigenvalue weighted by molar-refractivity contribution is -0.248. The molecule has 0 saturated heterocycles. The summed E-state index contributed by atoms with van der Waals surface area (Å²) in [7, 11) is 1.78. The van der Waals surface area contributed by atoms with Gasteiger partial charge in [-0.15, -0.1) is 0 Å². The topological polar surface area (TPSA) is 84.9 Å². The molecule has 0 aromatic carbocycles. The molecule has 0 aliphatic heterocycles. The van der Waals surface area contributed by atoms with Gasteiger partial charge < -0.3 is 19.9 Å². The number of esters is 1. The van der Waals surface area contributed by atoms with Crippen molar-refractivity contribution in [2.75, 3.05) is 26.8 Å². The zero-order valence-electron chi connectivity index (χ0n) is 28.8. The van der Waals surface area contributed by atoms with Crippen LogP contribution in [0.15, 0.2) is 0 Å². The summed E-state index contributed by atoms with van der Waals surface area (Å²) in [6.07, 6.45) is 15.3. The van der Waals surface area contributed by atoms with E-state index in [1.807, 2.05) is 0 Å². The van der Waals surface area contributed by atoms with Crippen LogP contribution in [-0.4, -0.2) is 50.0 Å². The summed E-state index contributed by atoms with van der Waals surface area (Å²) >= 11 is 0. The zero-order chi connectivity index (χ0) is 31.5. The lowest BCUT2D eigenvalue weighted by Gasteiger charge is -2.72. The average Bonchev–Trinajstić information content (AvgIpc) is 3.34. The van der Waals surface area contributed by atoms with Crippen molar-refractivity contribution in [1.29, 1.82) is 0 Å². The van der Waals surface area contributed by atoms with Gasteiger partial charge in [0.05, 0.1) is 18.4 Å². The second kappa shape index (κ2) is 11.6. The molecule has 9 atom stereocenters. The van der Waals surface area contributed by atoms with Crippen molar-refractivity contribution in [3.63, 3.8) is 0 Å². The number of carbonyl (C=O) groups excluding carboxylic acids is 1. The van der Waals surface area contributed by atoms with Crippen LogP contribution >= 0.6 is 0 Å². The monoisotopic (exact) mass is 601 g/mol. The molecular weight excluding hydrogens is 538 g/mol. The number of methoxy groups -OCH3 is 1. The number of rotatable bonds is 10. The SMILES string of the molecule is COCCNCC[C@]12CCC[C@@H]1[C@H]1CCC3[C@@]4(C)CC[C@H](OC(=O)CC(C)(C)C(=O)O)C(C)(C)C4CC[C@@]3(C)[C@]1(C)CC2. The Hall–Kier alpha value is -1.14. The van der Waals surface area contributed by atoms with Gasteiger partial charge in [0.2, 0.25) is 0 Å². The first-order chi connectivity index (χ1) is 20.1. The summed E-state index contributed by atoms with van der Waals surface area (Å²) in [4.78, 5) is 24.6. The van der Waals surface area contributed by atoms with E-state index in [1.165, 1.54) is 64.2 Å². The number of hydrogen-bond acceptors (Lipinski definition) is 5. The number of aliphatic carboxylic acids is 1. The highest BCUT2D eigenvalue weighted by molar-refractivity contribution is 5.81. The Bertz CT molecular complexity index is 1060. The highest BCUT2D eigenvalue weighted by Crippen LogP contribution is 2.77. The van der Waals surface area contributed by atoms with E-state index in [9.17, 15) is 14.7 Å². The lowest BCUT2D eigenvalue weighted by Crippen LogP contribution is -2.66. The fourth-order valence-electron chi connectivity index (χ4n) is 12.6. The predicted octanol–water partition coefficient (Wildman–Crippen LogP) is 7.88. The predicted molar refractivity (Wildman–Crippen MR) is 171 cm³/mol. The quantitative estimate of drug-likeness (QED) is 0.196. The van der Waals surface area contributed by atoms with Gasteiger partial charge in [0.15, 0.2) is 0 Å². The Balaban J connectivity index is 1.32. The summed E-state index contributed by atoms with van der Waals surface area (Å²) < 4.78 is 11.4. The number of fused-ring (bicyclic) bond motifs is 7. The summed E-state index contributed by atoms with van der Waals surface area (Å²) in [5.74, 6) is 1.61. The smallest absolute Gasteiger partial charge is 0.309 e. The molecular formula is C37H63NO5. The van der Waals surface area contributed by atoms with Crippen LogP contribution in [0.1, 0.15) is 132 Å². The van der Waals surface area contributed by atoms with E-state index in [2.05, 4.69) is 39.9 Å². The molecule has 0 aromatic heterocycles. The van der Waals surface area contributed by atoms with E-state index in [4.69, 9.17) is 9.47 Å². The maximum absolute atomic E-state index is 13.0. The van der Waals surface area contributed by atoms with E-state index in [0.29, 0.717) is 28.1 Å². The third-order valence-corrected chi connectivity index (χ3v) is 15.2. The Kier molecular flexibility index (Phi) is 8.95. The van der Waals surface area contributed by atoms with Crippen LogP contribution in [0.5, 0.6) is 0 Å². The van der Waals surface area contributed by atoms with Crippen LogP contribution in [0, 0.1) is 56.2 Å². The number of carboxylic acids is 1. The number of carboxylic acid groups (broad SMARTS) is 1. The summed E-state index contributed by atoms with van der Waals surface area (Å²) in [5.41, 5.74) is 0.275. The van der Waals surface area contributed by atoms with Gasteiger partial charge in [0, 0.05) is 19.1 Å². The van der Waals surface area contributed by atoms with E-state index in [0.717, 1.165) is 44.4 Å². The standard InChI is InChI=1S/C37H63NO5/c1-32(2,31(40)41)24-30(39)43-29-14-16-34(5)27(33(29,3)4)13-17-36(7)28(34)12-11-25-26-10-9-15-37(26,19-18-35(25,36)6)20-21-38-22-23-42-8/h25-29,38H,9-24H2,1-8H3,(H,40,41)/t25-,26-,27?,28?,29+,34+,35-,36-,37-/m1/s1. The molecule has 6 heteroatoms. The molecule has 6 nitrogen and oxygen atoms in total. The van der Waals surface area contributed by atoms with Crippen molar-refractivity contribution in [3.8, 4) is 0 Å². The molecule has 2 unspecified atom stereocenters. The van der Waals surface area contributed by atoms with Gasteiger partial charge in [0.1, 0.15) is 6.10 Å². The fraction of sp³-hybridized carbons (Fsp3) is 0.946. The minimum Gasteiger partial charge on any atom is -0.481 e. The number of carbonyl (C=O) groups is 2. The minimum absolute atomic E-state index is 0.0802. The van der Waals surface area contributed by atoms with Gasteiger partial charge in [0.25, 0.3) is 0 Å². The van der Waals surface area contributed by atoms with Crippen LogP contribution in [0.2, 0.25) is 0 Å². The highest BCUT2D eigenvalue weighted by Gasteiger charge is 2.70. The Labute approximate surface area is 262 Å². The van der Waals surface area contributed by atoms with Crippen LogP contribution in [0.25, 0.3) is 0 Å². The molecule has 5 aliphatic rings. The van der Waals surface area contributed by atoms with Crippen molar-refractivity contribution in [2.45, 2.75) is 138 Å². The Morgan fingerprint density at radius 3 is 2.28 bits per heavy atom. The van der Waals surface area contributed by atoms with Gasteiger partial charge in [-0.3, -0.25) is 9.59 Å². The third kappa shape index (κ3) is 5.30.